The van der Waals surface area contributed by atoms with E-state index in [1.54, 1.807) is 13.0 Å². The number of para-hydroxylation sites is 1. The molecule has 1 aromatic carbocycles. The van der Waals surface area contributed by atoms with Crippen molar-refractivity contribution in [1.29, 1.82) is 0 Å². The number of anilines is 1. The largest absolute Gasteiger partial charge is 0.417 e. The van der Waals surface area contributed by atoms with Crippen molar-refractivity contribution in [2.75, 3.05) is 5.32 Å². The Morgan fingerprint density at radius 1 is 1.22 bits per heavy atom. The lowest BCUT2D eigenvalue weighted by Gasteiger charge is -2.13. The highest BCUT2D eigenvalue weighted by Gasteiger charge is 2.30. The number of nitrogens with zero attached hydrogens (tertiary/aromatic N) is 1. The van der Waals surface area contributed by atoms with Gasteiger partial charge in [0, 0.05) is 11.9 Å². The van der Waals surface area contributed by atoms with Crippen molar-refractivity contribution in [3.63, 3.8) is 0 Å². The summed E-state index contributed by atoms with van der Waals surface area (Å²) in [5, 5.41) is 2.68. The van der Waals surface area contributed by atoms with Gasteiger partial charge in [0.05, 0.1) is 15.8 Å². The molecule has 0 aliphatic rings. The molecule has 0 saturated carbocycles. The second-order valence-electron chi connectivity index (χ2n) is 4.95. The molecule has 1 heterocycles. The molecule has 3 nitrogen and oxygen atoms in total. The minimum absolute atomic E-state index is 0.231. The van der Waals surface area contributed by atoms with Crippen LogP contribution < -0.4 is 5.32 Å². The van der Waals surface area contributed by atoms with Gasteiger partial charge in [-0.2, -0.15) is 13.2 Å². The number of carbonyl (C=O) groups excluding carboxylic acids is 1. The molecule has 23 heavy (non-hydrogen) atoms. The zero-order valence-corrected chi connectivity index (χ0v) is 13.3. The van der Waals surface area contributed by atoms with Gasteiger partial charge in [-0.15, -0.1) is 0 Å². The predicted octanol–water partition coefficient (Wildman–Crippen LogP) is 4.53. The van der Waals surface area contributed by atoms with E-state index in [0.717, 1.165) is 29.6 Å². The quantitative estimate of drug-likeness (QED) is 0.832. The van der Waals surface area contributed by atoms with E-state index in [1.165, 1.54) is 6.07 Å². The number of alkyl halides is 3. The van der Waals surface area contributed by atoms with Gasteiger partial charge in [0.1, 0.15) is 0 Å². The van der Waals surface area contributed by atoms with Crippen LogP contribution in [0.1, 0.15) is 18.1 Å². The zero-order chi connectivity index (χ0) is 17.0. The smallest absolute Gasteiger partial charge is 0.325 e. The Labute approximate surface area is 136 Å². The summed E-state index contributed by atoms with van der Waals surface area (Å²) in [5.41, 5.74) is 0.842. The maximum Gasteiger partial charge on any atom is 0.417 e. The van der Waals surface area contributed by atoms with Crippen LogP contribution in [0.2, 0.25) is 0 Å². The number of hydrogen-bond donors (Lipinski definition) is 1. The summed E-state index contributed by atoms with van der Waals surface area (Å²) in [4.78, 5) is 15.9. The van der Waals surface area contributed by atoms with Gasteiger partial charge >= 0.3 is 6.18 Å². The van der Waals surface area contributed by atoms with Gasteiger partial charge in [-0.3, -0.25) is 4.79 Å². The van der Waals surface area contributed by atoms with Gasteiger partial charge < -0.3 is 5.32 Å². The number of nitrogens with one attached hydrogen (secondary N) is 1. The molecule has 1 N–H and O–H groups in total. The van der Waals surface area contributed by atoms with Crippen molar-refractivity contribution in [2.45, 2.75) is 30.3 Å². The predicted molar refractivity (Wildman–Crippen MR) is 84.4 cm³/mol. The number of thioether (sulfide) groups is 1. The maximum atomic E-state index is 12.5. The number of pyridine rings is 1. The average Bonchev–Trinajstić information content (AvgIpc) is 2.49. The third kappa shape index (κ3) is 4.72. The number of aromatic nitrogens is 1. The van der Waals surface area contributed by atoms with Crippen LogP contribution in [0.5, 0.6) is 0 Å². The second-order valence-corrected chi connectivity index (χ2v) is 6.31. The summed E-state index contributed by atoms with van der Waals surface area (Å²) >= 11 is 1.11. The summed E-state index contributed by atoms with van der Waals surface area (Å²) < 4.78 is 37.4. The first-order chi connectivity index (χ1) is 10.8. The van der Waals surface area contributed by atoms with Crippen molar-refractivity contribution < 1.29 is 18.0 Å². The molecular formula is C16H15F3N2OS. The summed E-state index contributed by atoms with van der Waals surface area (Å²) in [6.07, 6.45) is -3.64. The first-order valence-corrected chi connectivity index (χ1v) is 7.72. The second kappa shape index (κ2) is 7.04. The Bertz CT molecular complexity index is 686. The van der Waals surface area contributed by atoms with Gasteiger partial charge in [-0.05, 0) is 37.6 Å². The van der Waals surface area contributed by atoms with E-state index in [0.29, 0.717) is 10.7 Å². The fraction of sp³-hybridized carbons (Fsp3) is 0.250. The summed E-state index contributed by atoms with van der Waals surface area (Å²) in [7, 11) is 0. The highest BCUT2D eigenvalue weighted by Crippen LogP contribution is 2.30. The molecule has 1 amide bonds. The molecule has 7 heteroatoms. The molecule has 1 aromatic heterocycles. The van der Waals surface area contributed by atoms with Crippen molar-refractivity contribution in [3.8, 4) is 0 Å². The monoisotopic (exact) mass is 340 g/mol. The SMILES string of the molecule is Cc1ccccc1NC(=O)[C@@H](C)Sc1ccc(C(F)(F)F)cn1. The summed E-state index contributed by atoms with van der Waals surface area (Å²) in [6, 6.07) is 9.59. The van der Waals surface area contributed by atoms with Crippen LogP contribution in [-0.2, 0) is 11.0 Å². The van der Waals surface area contributed by atoms with Crippen molar-refractivity contribution >= 4 is 23.4 Å². The molecule has 0 radical (unpaired) electrons. The Morgan fingerprint density at radius 3 is 2.48 bits per heavy atom. The standard InChI is InChI=1S/C16H15F3N2OS/c1-10-5-3-4-6-13(10)21-15(22)11(2)23-14-8-7-12(9-20-14)16(17,18)19/h3-9,11H,1-2H3,(H,21,22)/t11-/m1/s1. The normalized spacial score (nSPS) is 12.7. The Hall–Kier alpha value is -2.02. The number of benzene rings is 1. The van der Waals surface area contributed by atoms with Gasteiger partial charge in [0.15, 0.2) is 0 Å². The molecule has 2 aromatic rings. The van der Waals surface area contributed by atoms with Gasteiger partial charge in [-0.25, -0.2) is 4.98 Å². The van der Waals surface area contributed by atoms with Crippen molar-refractivity contribution in [1.82, 2.24) is 4.98 Å². The molecule has 0 saturated heterocycles. The molecule has 2 rings (SSSR count). The minimum Gasteiger partial charge on any atom is -0.325 e. The number of amides is 1. The molecule has 0 bridgehead atoms. The van der Waals surface area contributed by atoms with E-state index in [-0.39, 0.29) is 5.91 Å². The van der Waals surface area contributed by atoms with Gasteiger partial charge in [0.25, 0.3) is 0 Å². The van der Waals surface area contributed by atoms with Crippen LogP contribution in [-0.4, -0.2) is 16.1 Å². The van der Waals surface area contributed by atoms with Gasteiger partial charge in [0.2, 0.25) is 5.91 Å². The highest BCUT2D eigenvalue weighted by atomic mass is 32.2. The molecule has 0 spiro atoms. The van der Waals surface area contributed by atoms with Crippen LogP contribution in [0.15, 0.2) is 47.6 Å². The third-order valence-electron chi connectivity index (χ3n) is 3.13. The number of halogens is 3. The average molecular weight is 340 g/mol. The van der Waals surface area contributed by atoms with Crippen LogP contribution >= 0.6 is 11.8 Å². The molecule has 1 atom stereocenters. The molecule has 0 unspecified atom stereocenters. The van der Waals surface area contributed by atoms with Crippen LogP contribution in [0.4, 0.5) is 18.9 Å². The number of hydrogen-bond acceptors (Lipinski definition) is 3. The fourth-order valence-corrected chi connectivity index (χ4v) is 2.59. The highest BCUT2D eigenvalue weighted by molar-refractivity contribution is 8.00. The van der Waals surface area contributed by atoms with Crippen LogP contribution in [0.3, 0.4) is 0 Å². The molecule has 0 aliphatic heterocycles. The Kier molecular flexibility index (Phi) is 5.30. The molecule has 0 aliphatic carbocycles. The number of carbonyl (C=O) groups is 1. The lowest BCUT2D eigenvalue weighted by molar-refractivity contribution is -0.137. The maximum absolute atomic E-state index is 12.5. The Balaban J connectivity index is 2.00. The third-order valence-corrected chi connectivity index (χ3v) is 4.18. The zero-order valence-electron chi connectivity index (χ0n) is 12.5. The van der Waals surface area contributed by atoms with Crippen molar-refractivity contribution in [2.24, 2.45) is 0 Å². The molecular weight excluding hydrogens is 325 g/mol. The van der Waals surface area contributed by atoms with E-state index >= 15 is 0 Å². The number of aryl methyl sites for hydroxylation is 1. The molecule has 0 fully saturated rings. The van der Waals surface area contributed by atoms with Gasteiger partial charge in [-0.1, -0.05) is 30.0 Å². The summed E-state index contributed by atoms with van der Waals surface area (Å²) in [6.45, 7) is 3.56. The lowest BCUT2D eigenvalue weighted by Crippen LogP contribution is -2.22. The number of rotatable bonds is 4. The van der Waals surface area contributed by atoms with E-state index in [9.17, 15) is 18.0 Å². The fourth-order valence-electron chi connectivity index (χ4n) is 1.80. The van der Waals surface area contributed by atoms with E-state index in [1.807, 2.05) is 25.1 Å². The molecule has 122 valence electrons. The summed E-state index contributed by atoms with van der Waals surface area (Å²) in [5.74, 6) is -0.231. The first kappa shape index (κ1) is 17.3. The van der Waals surface area contributed by atoms with Crippen molar-refractivity contribution in [3.05, 3.63) is 53.7 Å². The first-order valence-electron chi connectivity index (χ1n) is 6.84. The van der Waals surface area contributed by atoms with E-state index in [2.05, 4.69) is 10.3 Å². The van der Waals surface area contributed by atoms with Crippen LogP contribution in [0, 0.1) is 6.92 Å². The van der Waals surface area contributed by atoms with E-state index < -0.39 is 17.0 Å². The van der Waals surface area contributed by atoms with Crippen LogP contribution in [0.25, 0.3) is 0 Å². The Morgan fingerprint density at radius 2 is 1.91 bits per heavy atom. The topological polar surface area (TPSA) is 42.0 Å². The lowest BCUT2D eigenvalue weighted by atomic mass is 10.2. The minimum atomic E-state index is -4.41. The van der Waals surface area contributed by atoms with E-state index in [4.69, 9.17) is 0 Å².